The molecule has 0 unspecified atom stereocenters. The average Bonchev–Trinajstić information content (AvgIpc) is 2.88. The van der Waals surface area contributed by atoms with E-state index in [0.717, 1.165) is 27.6 Å². The molecule has 8 nitrogen and oxygen atoms in total. The molecule has 0 radical (unpaired) electrons. The topological polar surface area (TPSA) is 109 Å². The monoisotopic (exact) mass is 534 g/mol. The molecule has 3 N–H and O–H groups in total. The molecule has 0 spiro atoms. The lowest BCUT2D eigenvalue weighted by Crippen LogP contribution is -2.44. The molecule has 198 valence electrons. The van der Waals surface area contributed by atoms with E-state index < -0.39 is 16.2 Å². The van der Waals surface area contributed by atoms with Crippen molar-refractivity contribution in [1.29, 1.82) is 0 Å². The van der Waals surface area contributed by atoms with Crippen LogP contribution in [-0.2, 0) is 15.8 Å². The van der Waals surface area contributed by atoms with Gasteiger partial charge in [-0.05, 0) is 46.9 Å². The van der Waals surface area contributed by atoms with Crippen molar-refractivity contribution in [1.82, 2.24) is 20.3 Å². The minimum absolute atomic E-state index is 0.0623. The Bertz CT molecular complexity index is 1510. The number of pyridine rings is 1. The smallest absolute Gasteiger partial charge is 0.238 e. The number of nitrogens with one attached hydrogen (secondary N) is 3. The Morgan fingerprint density at radius 3 is 2.55 bits per heavy atom. The number of nitrogens with zero attached hydrogens (tertiary/aromatic N) is 3. The van der Waals surface area contributed by atoms with E-state index in [1.807, 2.05) is 30.3 Å². The van der Waals surface area contributed by atoms with Gasteiger partial charge in [0.2, 0.25) is 16.0 Å². The third-order valence-corrected chi connectivity index (χ3v) is 7.75. The van der Waals surface area contributed by atoms with E-state index in [1.165, 1.54) is 0 Å². The first kappa shape index (κ1) is 26.0. The molecule has 2 aromatic heterocycles. The first-order valence-corrected chi connectivity index (χ1v) is 14.3. The van der Waals surface area contributed by atoms with Crippen LogP contribution in [0.25, 0.3) is 22.0 Å². The van der Waals surface area contributed by atoms with Crippen molar-refractivity contribution in [2.45, 2.75) is 44.2 Å². The molecule has 10 heteroatoms. The number of anilines is 2. The molecule has 2 atom stereocenters. The van der Waals surface area contributed by atoms with Gasteiger partial charge in [0.05, 0.1) is 11.3 Å². The number of halogens is 1. The summed E-state index contributed by atoms with van der Waals surface area (Å²) >= 11 is 0. The third kappa shape index (κ3) is 6.25. The predicted octanol–water partition coefficient (Wildman–Crippen LogP) is 4.87. The SMILES string of the molecule is CC(C)c1cc(-c2ccc(NS(=O)(=O)Cc3ccccc3)nc2)cc2cnc(N[C@@H]3CNC[C@@H](F)C3)nc12. The van der Waals surface area contributed by atoms with Crippen molar-refractivity contribution in [2.75, 3.05) is 23.1 Å². The lowest BCUT2D eigenvalue weighted by molar-refractivity contribution is 0.254. The normalized spacial score (nSPS) is 18.0. The zero-order valence-corrected chi connectivity index (χ0v) is 22.2. The molecule has 1 fully saturated rings. The van der Waals surface area contributed by atoms with Gasteiger partial charge in [0, 0.05) is 48.9 Å². The van der Waals surface area contributed by atoms with Gasteiger partial charge in [-0.3, -0.25) is 4.72 Å². The summed E-state index contributed by atoms with van der Waals surface area (Å²) in [7, 11) is -3.59. The van der Waals surface area contributed by atoms with E-state index in [0.29, 0.717) is 31.0 Å². The van der Waals surface area contributed by atoms with Crippen LogP contribution in [0.15, 0.2) is 67.0 Å². The van der Waals surface area contributed by atoms with Crippen LogP contribution in [0.5, 0.6) is 0 Å². The molecule has 1 aliphatic rings. The highest BCUT2D eigenvalue weighted by Gasteiger charge is 2.22. The lowest BCUT2D eigenvalue weighted by atomic mass is 9.95. The quantitative estimate of drug-likeness (QED) is 0.296. The van der Waals surface area contributed by atoms with Crippen molar-refractivity contribution in [3.8, 4) is 11.1 Å². The summed E-state index contributed by atoms with van der Waals surface area (Å²) in [5.41, 5.74) is 4.40. The molecular weight excluding hydrogens is 503 g/mol. The number of piperidine rings is 1. The lowest BCUT2D eigenvalue weighted by Gasteiger charge is -2.26. The summed E-state index contributed by atoms with van der Waals surface area (Å²) in [4.78, 5) is 13.6. The van der Waals surface area contributed by atoms with E-state index in [4.69, 9.17) is 4.98 Å². The first-order valence-electron chi connectivity index (χ1n) is 12.7. The number of aromatic nitrogens is 3. The number of alkyl halides is 1. The highest BCUT2D eigenvalue weighted by atomic mass is 32.2. The van der Waals surface area contributed by atoms with Gasteiger partial charge in [-0.2, -0.15) is 0 Å². The number of benzene rings is 2. The number of rotatable bonds is 8. The molecule has 38 heavy (non-hydrogen) atoms. The van der Waals surface area contributed by atoms with Crippen molar-refractivity contribution in [2.24, 2.45) is 0 Å². The third-order valence-electron chi connectivity index (χ3n) is 6.52. The van der Waals surface area contributed by atoms with E-state index >= 15 is 0 Å². The molecule has 0 aliphatic carbocycles. The Labute approximate surface area is 222 Å². The van der Waals surface area contributed by atoms with Crippen LogP contribution in [0.1, 0.15) is 37.3 Å². The highest BCUT2D eigenvalue weighted by molar-refractivity contribution is 7.91. The molecule has 4 aromatic rings. The van der Waals surface area contributed by atoms with Crippen LogP contribution >= 0.6 is 0 Å². The van der Waals surface area contributed by atoms with E-state index in [1.54, 1.807) is 30.6 Å². The van der Waals surface area contributed by atoms with Gasteiger partial charge in [-0.25, -0.2) is 27.8 Å². The highest BCUT2D eigenvalue weighted by Crippen LogP contribution is 2.31. The average molecular weight is 535 g/mol. The zero-order chi connectivity index (χ0) is 26.7. The second kappa shape index (κ2) is 11.0. The molecule has 1 saturated heterocycles. The van der Waals surface area contributed by atoms with Crippen LogP contribution in [0.4, 0.5) is 16.2 Å². The summed E-state index contributed by atoms with van der Waals surface area (Å²) in [5.74, 6) is 0.828. The minimum Gasteiger partial charge on any atom is -0.350 e. The summed E-state index contributed by atoms with van der Waals surface area (Å²) < 4.78 is 41.5. The minimum atomic E-state index is -3.59. The molecule has 0 bridgehead atoms. The van der Waals surface area contributed by atoms with Gasteiger partial charge in [-0.15, -0.1) is 0 Å². The Morgan fingerprint density at radius 1 is 1.03 bits per heavy atom. The van der Waals surface area contributed by atoms with Crippen LogP contribution in [0.2, 0.25) is 0 Å². The van der Waals surface area contributed by atoms with E-state index in [2.05, 4.69) is 45.2 Å². The Balaban J connectivity index is 1.37. The molecule has 1 aliphatic heterocycles. The number of hydrogen-bond donors (Lipinski definition) is 3. The summed E-state index contributed by atoms with van der Waals surface area (Å²) in [6, 6.07) is 16.5. The van der Waals surface area contributed by atoms with Gasteiger partial charge in [0.15, 0.2) is 0 Å². The fourth-order valence-electron chi connectivity index (χ4n) is 4.65. The molecule has 2 aromatic carbocycles. The number of sulfonamides is 1. The predicted molar refractivity (Wildman–Crippen MR) is 149 cm³/mol. The van der Waals surface area contributed by atoms with Gasteiger partial charge < -0.3 is 10.6 Å². The molecule has 0 saturated carbocycles. The second-order valence-electron chi connectivity index (χ2n) is 9.96. The maximum Gasteiger partial charge on any atom is 0.238 e. The van der Waals surface area contributed by atoms with Crippen molar-refractivity contribution >= 4 is 32.7 Å². The Hall–Kier alpha value is -3.63. The van der Waals surface area contributed by atoms with Gasteiger partial charge in [0.25, 0.3) is 0 Å². The summed E-state index contributed by atoms with van der Waals surface area (Å²) in [6.07, 6.45) is 2.99. The number of fused-ring (bicyclic) bond motifs is 1. The van der Waals surface area contributed by atoms with E-state index in [-0.39, 0.29) is 23.5 Å². The maximum atomic E-state index is 13.8. The van der Waals surface area contributed by atoms with Crippen LogP contribution in [-0.4, -0.2) is 48.7 Å². The zero-order valence-electron chi connectivity index (χ0n) is 21.4. The van der Waals surface area contributed by atoms with E-state index in [9.17, 15) is 12.8 Å². The van der Waals surface area contributed by atoms with Crippen LogP contribution in [0, 0.1) is 0 Å². The van der Waals surface area contributed by atoms with Crippen LogP contribution < -0.4 is 15.4 Å². The van der Waals surface area contributed by atoms with Crippen LogP contribution in [0.3, 0.4) is 0 Å². The molecule has 3 heterocycles. The number of hydrogen-bond acceptors (Lipinski definition) is 7. The Morgan fingerprint density at radius 2 is 1.84 bits per heavy atom. The van der Waals surface area contributed by atoms with Gasteiger partial charge in [-0.1, -0.05) is 44.2 Å². The standard InChI is InChI=1S/C28H31FN6O2S/c1-18(2)25-11-21(10-22-14-32-28(34-27(22)25)33-24-12-23(29)15-30-16-24)20-8-9-26(31-13-20)35-38(36,37)17-19-6-4-3-5-7-19/h3-11,13-14,18,23-24,30H,12,15-17H2,1-2H3,(H,31,35)(H,32,33,34)/t23-,24-/m0/s1. The van der Waals surface area contributed by atoms with Crippen molar-refractivity contribution in [3.05, 3.63) is 78.1 Å². The fourth-order valence-corrected chi connectivity index (χ4v) is 5.79. The second-order valence-corrected chi connectivity index (χ2v) is 11.7. The van der Waals surface area contributed by atoms with Crippen molar-refractivity contribution < 1.29 is 12.8 Å². The summed E-state index contributed by atoms with van der Waals surface area (Å²) in [5, 5.41) is 7.24. The van der Waals surface area contributed by atoms with Crippen molar-refractivity contribution in [3.63, 3.8) is 0 Å². The summed E-state index contributed by atoms with van der Waals surface area (Å²) in [6.45, 7) is 5.26. The van der Waals surface area contributed by atoms with Gasteiger partial charge in [0.1, 0.15) is 12.0 Å². The first-order chi connectivity index (χ1) is 18.3. The largest absolute Gasteiger partial charge is 0.350 e. The molecular formula is C28H31FN6O2S. The maximum absolute atomic E-state index is 13.8. The fraction of sp³-hybridized carbons (Fsp3) is 0.321. The van der Waals surface area contributed by atoms with Gasteiger partial charge >= 0.3 is 0 Å². The Kier molecular flexibility index (Phi) is 7.53. The molecule has 0 amide bonds. The molecule has 5 rings (SSSR count).